The van der Waals surface area contributed by atoms with Crippen LogP contribution in [0.3, 0.4) is 0 Å². The van der Waals surface area contributed by atoms with Crippen LogP contribution in [0.2, 0.25) is 0 Å². The second kappa shape index (κ2) is 11.9. The molecule has 0 atom stereocenters. The fourth-order valence-electron chi connectivity index (χ4n) is 2.66. The van der Waals surface area contributed by atoms with Crippen molar-refractivity contribution in [1.82, 2.24) is 0 Å². The first-order chi connectivity index (χ1) is 13.9. The minimum Gasteiger partial charge on any atom is -0.192 e. The number of benzene rings is 4. The van der Waals surface area contributed by atoms with E-state index in [-0.39, 0.29) is 0 Å². The van der Waals surface area contributed by atoms with E-state index in [0.717, 1.165) is 11.1 Å². The molecule has 0 unspecified atom stereocenters. The third kappa shape index (κ3) is 6.27. The second-order valence-corrected chi connectivity index (χ2v) is 5.79. The van der Waals surface area contributed by atoms with E-state index < -0.39 is 0 Å². The van der Waals surface area contributed by atoms with Gasteiger partial charge in [-0.1, -0.05) is 117 Å². The second-order valence-electron chi connectivity index (χ2n) is 5.79. The molecule has 0 saturated heterocycles. The Bertz CT molecular complexity index is 931. The average Bonchev–Trinajstić information content (AvgIpc) is 2.82. The number of hydrogen-bond acceptors (Lipinski definition) is 1. The van der Waals surface area contributed by atoms with Crippen molar-refractivity contribution in [3.63, 3.8) is 0 Å². The van der Waals surface area contributed by atoms with Gasteiger partial charge in [0.15, 0.2) is 0 Å². The molecule has 0 aliphatic rings. The molecule has 1 nitrogen and oxygen atoms in total. The molecule has 0 aromatic heterocycles. The summed E-state index contributed by atoms with van der Waals surface area (Å²) < 4.78 is 0. The molecule has 0 radical (unpaired) electrons. The van der Waals surface area contributed by atoms with Gasteiger partial charge >= 0.3 is 0 Å². The molecule has 4 aromatic carbocycles. The van der Waals surface area contributed by atoms with Gasteiger partial charge in [-0.05, 0) is 34.4 Å². The molecule has 28 heavy (non-hydrogen) atoms. The van der Waals surface area contributed by atoms with Gasteiger partial charge in [0.05, 0.1) is 11.6 Å². The lowest BCUT2D eigenvalue weighted by atomic mass is 10.0. The highest BCUT2D eigenvalue weighted by atomic mass is 14.2. The maximum Gasteiger partial charge on any atom is 0.0991 e. The maximum absolute atomic E-state index is 8.76. The molecule has 4 aromatic rings. The van der Waals surface area contributed by atoms with Crippen molar-refractivity contribution in [3.05, 3.63) is 121 Å². The summed E-state index contributed by atoms with van der Waals surface area (Å²) in [5.41, 5.74) is 5.48. The molecule has 4 rings (SSSR count). The minimum atomic E-state index is 0.700. The van der Waals surface area contributed by atoms with Crippen LogP contribution in [0.25, 0.3) is 22.3 Å². The molecule has 0 aliphatic carbocycles. The molecule has 0 amide bonds. The summed E-state index contributed by atoms with van der Waals surface area (Å²) in [6.45, 7) is 4.00. The Labute approximate surface area is 168 Å². The Balaban J connectivity index is 0.000000186. The lowest BCUT2D eigenvalue weighted by molar-refractivity contribution is 1.48. The minimum absolute atomic E-state index is 0.700. The summed E-state index contributed by atoms with van der Waals surface area (Å²) in [5, 5.41) is 8.76. The number of rotatable bonds is 2. The van der Waals surface area contributed by atoms with Gasteiger partial charge in [-0.2, -0.15) is 5.26 Å². The summed E-state index contributed by atoms with van der Waals surface area (Å²) in [6.07, 6.45) is 0. The van der Waals surface area contributed by atoms with Crippen LogP contribution in [0.15, 0.2) is 115 Å². The fourth-order valence-corrected chi connectivity index (χ4v) is 2.66. The molecule has 0 spiro atoms. The van der Waals surface area contributed by atoms with Crippen LogP contribution in [0.5, 0.6) is 0 Å². The molecular formula is C27H25N. The summed E-state index contributed by atoms with van der Waals surface area (Å²) in [6, 6.07) is 40.6. The van der Waals surface area contributed by atoms with Crippen LogP contribution >= 0.6 is 0 Å². The molecule has 0 heterocycles. The van der Waals surface area contributed by atoms with Crippen molar-refractivity contribution in [3.8, 4) is 28.3 Å². The van der Waals surface area contributed by atoms with Gasteiger partial charge < -0.3 is 0 Å². The Morgan fingerprint density at radius 2 is 0.821 bits per heavy atom. The lowest BCUT2D eigenvalue weighted by Crippen LogP contribution is -1.78. The average molecular weight is 364 g/mol. The van der Waals surface area contributed by atoms with Crippen LogP contribution < -0.4 is 0 Å². The summed E-state index contributed by atoms with van der Waals surface area (Å²) in [7, 11) is 0. The number of nitriles is 1. The van der Waals surface area contributed by atoms with Crippen molar-refractivity contribution in [2.75, 3.05) is 0 Å². The SMILES string of the molecule is CC.N#Cc1cccc(-c2ccccc2)c1.c1ccc(-c2ccccc2)cc1. The van der Waals surface area contributed by atoms with Crippen molar-refractivity contribution in [2.24, 2.45) is 0 Å². The van der Waals surface area contributed by atoms with Crippen LogP contribution in [-0.2, 0) is 0 Å². The topological polar surface area (TPSA) is 23.8 Å². The number of hydrogen-bond donors (Lipinski definition) is 0. The van der Waals surface area contributed by atoms with Gasteiger partial charge in [0, 0.05) is 0 Å². The summed E-state index contributed by atoms with van der Waals surface area (Å²) >= 11 is 0. The van der Waals surface area contributed by atoms with Gasteiger partial charge in [0.25, 0.3) is 0 Å². The van der Waals surface area contributed by atoms with Crippen molar-refractivity contribution in [2.45, 2.75) is 13.8 Å². The predicted octanol–water partition coefficient (Wildman–Crippen LogP) is 7.61. The quantitative estimate of drug-likeness (QED) is 0.359. The largest absolute Gasteiger partial charge is 0.192 e. The Hall–Kier alpha value is -3.63. The smallest absolute Gasteiger partial charge is 0.0991 e. The van der Waals surface area contributed by atoms with E-state index >= 15 is 0 Å². The lowest BCUT2D eigenvalue weighted by Gasteiger charge is -2.00. The fraction of sp³-hybridized carbons (Fsp3) is 0.0741. The van der Waals surface area contributed by atoms with Crippen LogP contribution in [0.4, 0.5) is 0 Å². The van der Waals surface area contributed by atoms with Crippen molar-refractivity contribution >= 4 is 0 Å². The van der Waals surface area contributed by atoms with E-state index in [9.17, 15) is 0 Å². The van der Waals surface area contributed by atoms with E-state index in [0.29, 0.717) is 5.56 Å². The van der Waals surface area contributed by atoms with Crippen molar-refractivity contribution in [1.29, 1.82) is 5.26 Å². The first-order valence-electron chi connectivity index (χ1n) is 9.53. The molecule has 0 fully saturated rings. The monoisotopic (exact) mass is 363 g/mol. The van der Waals surface area contributed by atoms with Crippen LogP contribution in [-0.4, -0.2) is 0 Å². The molecule has 0 N–H and O–H groups in total. The zero-order valence-corrected chi connectivity index (χ0v) is 16.4. The van der Waals surface area contributed by atoms with E-state index in [4.69, 9.17) is 5.26 Å². The Morgan fingerprint density at radius 1 is 0.464 bits per heavy atom. The van der Waals surface area contributed by atoms with E-state index in [1.807, 2.05) is 80.6 Å². The van der Waals surface area contributed by atoms with Gasteiger partial charge in [-0.15, -0.1) is 0 Å². The van der Waals surface area contributed by atoms with Crippen LogP contribution in [0.1, 0.15) is 19.4 Å². The van der Waals surface area contributed by atoms with Gasteiger partial charge in [0.2, 0.25) is 0 Å². The van der Waals surface area contributed by atoms with Gasteiger partial charge in [-0.3, -0.25) is 0 Å². The van der Waals surface area contributed by atoms with Gasteiger partial charge in [0.1, 0.15) is 0 Å². The van der Waals surface area contributed by atoms with Gasteiger partial charge in [-0.25, -0.2) is 0 Å². The predicted molar refractivity (Wildman–Crippen MR) is 120 cm³/mol. The third-order valence-electron chi connectivity index (χ3n) is 3.98. The maximum atomic E-state index is 8.76. The molecule has 138 valence electrons. The van der Waals surface area contributed by atoms with Crippen molar-refractivity contribution < 1.29 is 0 Å². The van der Waals surface area contributed by atoms with E-state index in [2.05, 4.69) is 54.6 Å². The Morgan fingerprint density at radius 3 is 1.21 bits per heavy atom. The molecule has 0 aliphatic heterocycles. The summed E-state index contributed by atoms with van der Waals surface area (Å²) in [5.74, 6) is 0. The highest BCUT2D eigenvalue weighted by Crippen LogP contribution is 2.19. The molecular weight excluding hydrogens is 338 g/mol. The first-order valence-corrected chi connectivity index (χ1v) is 9.53. The first kappa shape index (κ1) is 20.7. The zero-order chi connectivity index (χ0) is 20.0. The van der Waals surface area contributed by atoms with E-state index in [1.54, 1.807) is 0 Å². The van der Waals surface area contributed by atoms with Crippen LogP contribution in [0, 0.1) is 11.3 Å². The standard InChI is InChI=1S/C13H9N.C12H10.C2H6/c14-10-11-5-4-8-13(9-11)12-6-2-1-3-7-12;1-3-7-11(8-4-1)12-9-5-2-6-10-12;1-2/h1-9H;1-10H;1-2H3. The van der Waals surface area contributed by atoms with E-state index in [1.165, 1.54) is 11.1 Å². The highest BCUT2D eigenvalue weighted by molar-refractivity contribution is 5.65. The third-order valence-corrected chi connectivity index (χ3v) is 3.98. The Kier molecular flexibility index (Phi) is 8.78. The normalized spacial score (nSPS) is 9.04. The summed E-state index contributed by atoms with van der Waals surface area (Å²) in [4.78, 5) is 0. The molecule has 0 saturated carbocycles. The zero-order valence-electron chi connectivity index (χ0n) is 16.4. The number of nitrogens with zero attached hydrogens (tertiary/aromatic N) is 1. The highest BCUT2D eigenvalue weighted by Gasteiger charge is 1.96. The molecule has 1 heteroatoms. The molecule has 0 bridgehead atoms.